The number of likely N-dealkylation sites (tertiary alicyclic amines) is 1. The molecule has 0 bridgehead atoms. The molecule has 1 fully saturated rings. The summed E-state index contributed by atoms with van der Waals surface area (Å²) in [5.74, 6) is 0.913. The number of hydrogen-bond acceptors (Lipinski definition) is 5. The summed E-state index contributed by atoms with van der Waals surface area (Å²) in [7, 11) is 2.09. The summed E-state index contributed by atoms with van der Waals surface area (Å²) in [6, 6.07) is 18.3. The van der Waals surface area contributed by atoms with E-state index >= 15 is 0 Å². The molecule has 3 aromatic rings. The molecule has 33 heavy (non-hydrogen) atoms. The van der Waals surface area contributed by atoms with Crippen molar-refractivity contribution >= 4 is 23.1 Å². The lowest BCUT2D eigenvalue weighted by molar-refractivity contribution is 0.0205. The van der Waals surface area contributed by atoms with Gasteiger partial charge in [-0.05, 0) is 63.4 Å². The number of para-hydroxylation sites is 2. The summed E-state index contributed by atoms with van der Waals surface area (Å²) in [5.41, 5.74) is 3.32. The summed E-state index contributed by atoms with van der Waals surface area (Å²) in [6.07, 6.45) is 1.47. The van der Waals surface area contributed by atoms with Gasteiger partial charge in [0, 0.05) is 26.2 Å². The number of imidazole rings is 1. The molecule has 2 heterocycles. The number of nitriles is 1. The van der Waals surface area contributed by atoms with Crippen LogP contribution in [0.3, 0.4) is 0 Å². The molecule has 0 saturated carbocycles. The number of rotatable bonds is 4. The fourth-order valence-electron chi connectivity index (χ4n) is 4.28. The minimum Gasteiger partial charge on any atom is -0.444 e. The van der Waals surface area contributed by atoms with Crippen molar-refractivity contribution in [1.82, 2.24) is 14.5 Å². The largest absolute Gasteiger partial charge is 0.444 e. The van der Waals surface area contributed by atoms with Gasteiger partial charge in [0.15, 0.2) is 0 Å². The number of carbonyl (C=O) groups is 1. The molecule has 7 nitrogen and oxygen atoms in total. The molecule has 4 rings (SSSR count). The third-order valence-electron chi connectivity index (χ3n) is 6.04. The van der Waals surface area contributed by atoms with Crippen LogP contribution in [0, 0.1) is 11.3 Å². The normalized spacial score (nSPS) is 14.8. The van der Waals surface area contributed by atoms with Crippen LogP contribution < -0.4 is 4.90 Å². The van der Waals surface area contributed by atoms with Crippen molar-refractivity contribution in [2.45, 2.75) is 51.8 Å². The van der Waals surface area contributed by atoms with Gasteiger partial charge in [0.1, 0.15) is 5.60 Å². The van der Waals surface area contributed by atoms with E-state index in [0.717, 1.165) is 35.4 Å². The predicted molar refractivity (Wildman–Crippen MR) is 129 cm³/mol. The van der Waals surface area contributed by atoms with E-state index in [2.05, 4.69) is 28.7 Å². The van der Waals surface area contributed by atoms with Gasteiger partial charge < -0.3 is 19.1 Å². The zero-order valence-corrected chi connectivity index (χ0v) is 19.8. The molecule has 0 aliphatic carbocycles. The van der Waals surface area contributed by atoms with Crippen molar-refractivity contribution < 1.29 is 9.53 Å². The van der Waals surface area contributed by atoms with Crippen molar-refractivity contribution in [2.24, 2.45) is 0 Å². The first-order chi connectivity index (χ1) is 15.7. The standard InChI is InChI=1S/C26H31N5O2/c1-26(2,3)33-25(32)30-15-13-21(14-16-30)29(4)24-28-22-7-5-6-8-23(22)31(24)18-20-11-9-19(17-27)10-12-20/h5-12,21H,13-16,18H2,1-4H3. The average molecular weight is 446 g/mol. The molecule has 0 N–H and O–H groups in total. The van der Waals surface area contributed by atoms with Gasteiger partial charge in [0.2, 0.25) is 5.95 Å². The van der Waals surface area contributed by atoms with Crippen molar-refractivity contribution in [3.63, 3.8) is 0 Å². The molecule has 2 aromatic carbocycles. The van der Waals surface area contributed by atoms with Crippen LogP contribution in [0.25, 0.3) is 11.0 Å². The summed E-state index contributed by atoms with van der Waals surface area (Å²) in [6.45, 7) is 7.68. The van der Waals surface area contributed by atoms with Crippen molar-refractivity contribution in [2.75, 3.05) is 25.0 Å². The van der Waals surface area contributed by atoms with E-state index in [1.807, 2.05) is 63.2 Å². The molecule has 1 aliphatic heterocycles. The van der Waals surface area contributed by atoms with Gasteiger partial charge in [0.05, 0.1) is 29.2 Å². The van der Waals surface area contributed by atoms with Gasteiger partial charge in [0.25, 0.3) is 0 Å². The lowest BCUT2D eigenvalue weighted by atomic mass is 10.0. The van der Waals surface area contributed by atoms with E-state index in [1.54, 1.807) is 4.90 Å². The maximum atomic E-state index is 12.4. The number of nitrogens with zero attached hydrogens (tertiary/aromatic N) is 5. The number of piperidine rings is 1. The number of amides is 1. The lowest BCUT2D eigenvalue weighted by Gasteiger charge is -2.37. The summed E-state index contributed by atoms with van der Waals surface area (Å²) >= 11 is 0. The first-order valence-electron chi connectivity index (χ1n) is 11.4. The monoisotopic (exact) mass is 445 g/mol. The van der Waals surface area contributed by atoms with E-state index in [0.29, 0.717) is 25.2 Å². The van der Waals surface area contributed by atoms with Gasteiger partial charge in [-0.25, -0.2) is 9.78 Å². The molecule has 0 unspecified atom stereocenters. The molecule has 1 aromatic heterocycles. The van der Waals surface area contributed by atoms with Crippen molar-refractivity contribution in [3.8, 4) is 6.07 Å². The molecule has 1 aliphatic rings. The maximum absolute atomic E-state index is 12.4. The Labute approximate surface area is 195 Å². The SMILES string of the molecule is CN(c1nc2ccccc2n1Cc1ccc(C#N)cc1)C1CCN(C(=O)OC(C)(C)C)CC1. The highest BCUT2D eigenvalue weighted by Gasteiger charge is 2.30. The van der Waals surface area contributed by atoms with Crippen LogP contribution in [0.2, 0.25) is 0 Å². The molecule has 7 heteroatoms. The van der Waals surface area contributed by atoms with E-state index in [4.69, 9.17) is 15.0 Å². The Kier molecular flexibility index (Phi) is 6.28. The molecule has 0 radical (unpaired) electrons. The Hall–Kier alpha value is -3.53. The molecule has 172 valence electrons. The van der Waals surface area contributed by atoms with E-state index in [1.165, 1.54) is 0 Å². The summed E-state index contributed by atoms with van der Waals surface area (Å²) in [4.78, 5) is 21.4. The third kappa shape index (κ3) is 5.11. The molecular formula is C26H31N5O2. The Morgan fingerprint density at radius 2 is 1.82 bits per heavy atom. The van der Waals surface area contributed by atoms with Crippen molar-refractivity contribution in [3.05, 3.63) is 59.7 Å². The average Bonchev–Trinajstić information content (AvgIpc) is 3.16. The Morgan fingerprint density at radius 3 is 2.45 bits per heavy atom. The van der Waals surface area contributed by atoms with Gasteiger partial charge in [-0.15, -0.1) is 0 Å². The zero-order valence-electron chi connectivity index (χ0n) is 19.8. The second kappa shape index (κ2) is 9.14. The Balaban J connectivity index is 1.53. The third-order valence-corrected chi connectivity index (χ3v) is 6.04. The predicted octanol–water partition coefficient (Wildman–Crippen LogP) is 4.79. The second-order valence-electron chi connectivity index (χ2n) is 9.60. The number of fused-ring (bicyclic) bond motifs is 1. The van der Waals surface area contributed by atoms with Crippen LogP contribution in [0.1, 0.15) is 44.7 Å². The minimum absolute atomic E-state index is 0.239. The molecule has 0 spiro atoms. The Morgan fingerprint density at radius 1 is 1.15 bits per heavy atom. The van der Waals surface area contributed by atoms with Crippen LogP contribution in [0.4, 0.5) is 10.7 Å². The van der Waals surface area contributed by atoms with E-state index < -0.39 is 5.60 Å². The summed E-state index contributed by atoms with van der Waals surface area (Å²) < 4.78 is 7.77. The first kappa shape index (κ1) is 22.7. The first-order valence-corrected chi connectivity index (χ1v) is 11.4. The zero-order chi connectivity index (χ0) is 23.6. The smallest absolute Gasteiger partial charge is 0.410 e. The minimum atomic E-state index is -0.485. The highest BCUT2D eigenvalue weighted by Crippen LogP contribution is 2.28. The fourth-order valence-corrected chi connectivity index (χ4v) is 4.28. The highest BCUT2D eigenvalue weighted by molar-refractivity contribution is 5.79. The second-order valence-corrected chi connectivity index (χ2v) is 9.60. The highest BCUT2D eigenvalue weighted by atomic mass is 16.6. The van der Waals surface area contributed by atoms with Crippen LogP contribution in [0.5, 0.6) is 0 Å². The molecule has 0 atom stereocenters. The van der Waals surface area contributed by atoms with Crippen LogP contribution in [-0.2, 0) is 11.3 Å². The number of aromatic nitrogens is 2. The number of anilines is 1. The van der Waals surface area contributed by atoms with E-state index in [9.17, 15) is 4.79 Å². The van der Waals surface area contributed by atoms with Crippen LogP contribution in [-0.4, -0.2) is 52.3 Å². The maximum Gasteiger partial charge on any atom is 0.410 e. The molecular weight excluding hydrogens is 414 g/mol. The molecule has 1 saturated heterocycles. The number of ether oxygens (including phenoxy) is 1. The van der Waals surface area contributed by atoms with Gasteiger partial charge in [-0.1, -0.05) is 24.3 Å². The quantitative estimate of drug-likeness (QED) is 0.577. The van der Waals surface area contributed by atoms with E-state index in [-0.39, 0.29) is 12.1 Å². The van der Waals surface area contributed by atoms with Gasteiger partial charge in [-0.2, -0.15) is 5.26 Å². The van der Waals surface area contributed by atoms with Crippen LogP contribution in [0.15, 0.2) is 48.5 Å². The number of carbonyl (C=O) groups excluding carboxylic acids is 1. The van der Waals surface area contributed by atoms with Gasteiger partial charge >= 0.3 is 6.09 Å². The Bertz CT molecular complexity index is 1160. The van der Waals surface area contributed by atoms with Crippen LogP contribution >= 0.6 is 0 Å². The lowest BCUT2D eigenvalue weighted by Crippen LogP contribution is -2.47. The van der Waals surface area contributed by atoms with Crippen molar-refractivity contribution in [1.29, 1.82) is 5.26 Å². The number of hydrogen-bond donors (Lipinski definition) is 0. The molecule has 1 amide bonds. The number of benzene rings is 2. The fraction of sp³-hybridized carbons (Fsp3) is 0.423. The summed E-state index contributed by atoms with van der Waals surface area (Å²) in [5, 5.41) is 9.09. The van der Waals surface area contributed by atoms with Gasteiger partial charge in [-0.3, -0.25) is 0 Å². The topological polar surface area (TPSA) is 74.4 Å².